The maximum Gasteiger partial charge on any atom is 0.246 e. The van der Waals surface area contributed by atoms with E-state index in [0.29, 0.717) is 0 Å². The fraction of sp³-hybridized carbons (Fsp3) is 0.316. The number of hydrogen-bond acceptors (Lipinski definition) is 3. The summed E-state index contributed by atoms with van der Waals surface area (Å²) in [6.45, 7) is 4.85. The second kappa shape index (κ2) is 6.14. The average molecular weight is 307 g/mol. The van der Waals surface area contributed by atoms with Crippen molar-refractivity contribution >= 4 is 11.6 Å². The Morgan fingerprint density at radius 1 is 0.913 bits per heavy atom. The predicted molar refractivity (Wildman–Crippen MR) is 91.1 cm³/mol. The number of anilines is 1. The van der Waals surface area contributed by atoms with Crippen molar-refractivity contribution in [2.45, 2.75) is 12.6 Å². The van der Waals surface area contributed by atoms with Crippen LogP contribution in [-0.4, -0.2) is 41.9 Å². The number of rotatable bonds is 3. The van der Waals surface area contributed by atoms with Crippen LogP contribution in [0.15, 0.2) is 54.6 Å². The van der Waals surface area contributed by atoms with Gasteiger partial charge in [0, 0.05) is 44.0 Å². The lowest BCUT2D eigenvalue weighted by Gasteiger charge is -2.37. The fourth-order valence-corrected chi connectivity index (χ4v) is 3.58. The zero-order valence-corrected chi connectivity index (χ0v) is 13.1. The van der Waals surface area contributed by atoms with Gasteiger partial charge >= 0.3 is 0 Å². The Hall–Kier alpha value is -2.17. The largest absolute Gasteiger partial charge is 0.324 e. The lowest BCUT2D eigenvalue weighted by atomic mass is 10.1. The summed E-state index contributed by atoms with van der Waals surface area (Å²) < 4.78 is 0. The van der Waals surface area contributed by atoms with Gasteiger partial charge in [0.05, 0.1) is 0 Å². The van der Waals surface area contributed by atoms with Crippen molar-refractivity contribution in [3.05, 3.63) is 65.7 Å². The van der Waals surface area contributed by atoms with Crippen LogP contribution in [0.1, 0.15) is 17.2 Å². The summed E-state index contributed by atoms with van der Waals surface area (Å²) in [5.41, 5.74) is 3.44. The molecular weight excluding hydrogens is 286 g/mol. The van der Waals surface area contributed by atoms with E-state index in [0.717, 1.165) is 44.0 Å². The lowest BCUT2D eigenvalue weighted by Crippen LogP contribution is -2.48. The van der Waals surface area contributed by atoms with E-state index in [2.05, 4.69) is 51.5 Å². The summed E-state index contributed by atoms with van der Waals surface area (Å²) in [6, 6.07) is 18.5. The molecule has 23 heavy (non-hydrogen) atoms. The summed E-state index contributed by atoms with van der Waals surface area (Å²) in [5, 5.41) is 3.00. The SMILES string of the molecule is O=C1Nc2ccccc2C1N1CCN(Cc2ccccc2)CC1. The van der Waals surface area contributed by atoms with Crippen LogP contribution in [-0.2, 0) is 11.3 Å². The zero-order chi connectivity index (χ0) is 15.6. The number of carbonyl (C=O) groups excluding carboxylic acids is 1. The van der Waals surface area contributed by atoms with E-state index >= 15 is 0 Å². The van der Waals surface area contributed by atoms with Gasteiger partial charge in [-0.05, 0) is 11.6 Å². The van der Waals surface area contributed by atoms with E-state index in [9.17, 15) is 4.79 Å². The second-order valence-electron chi connectivity index (χ2n) is 6.28. The number of carbonyl (C=O) groups is 1. The molecule has 1 atom stereocenters. The van der Waals surface area contributed by atoms with Crippen molar-refractivity contribution in [2.24, 2.45) is 0 Å². The molecule has 0 radical (unpaired) electrons. The highest BCUT2D eigenvalue weighted by molar-refractivity contribution is 6.02. The van der Waals surface area contributed by atoms with E-state index < -0.39 is 0 Å². The van der Waals surface area contributed by atoms with Crippen molar-refractivity contribution in [3.63, 3.8) is 0 Å². The molecule has 4 nitrogen and oxygen atoms in total. The van der Waals surface area contributed by atoms with Crippen LogP contribution in [0.25, 0.3) is 0 Å². The van der Waals surface area contributed by atoms with Crippen molar-refractivity contribution in [2.75, 3.05) is 31.5 Å². The van der Waals surface area contributed by atoms with E-state index in [1.165, 1.54) is 5.56 Å². The monoisotopic (exact) mass is 307 g/mol. The third kappa shape index (κ3) is 2.87. The first kappa shape index (κ1) is 14.4. The number of hydrogen-bond donors (Lipinski definition) is 1. The van der Waals surface area contributed by atoms with Gasteiger partial charge in [0.15, 0.2) is 0 Å². The van der Waals surface area contributed by atoms with Crippen molar-refractivity contribution in [3.8, 4) is 0 Å². The number of amides is 1. The van der Waals surface area contributed by atoms with Gasteiger partial charge in [-0.1, -0.05) is 48.5 Å². The molecule has 0 bridgehead atoms. The maximum absolute atomic E-state index is 12.3. The number of piperazine rings is 1. The van der Waals surface area contributed by atoms with Gasteiger partial charge in [-0.3, -0.25) is 14.6 Å². The maximum atomic E-state index is 12.3. The van der Waals surface area contributed by atoms with Crippen LogP contribution in [0.5, 0.6) is 0 Å². The topological polar surface area (TPSA) is 35.6 Å². The molecule has 2 heterocycles. The second-order valence-corrected chi connectivity index (χ2v) is 6.28. The smallest absolute Gasteiger partial charge is 0.246 e. The van der Waals surface area contributed by atoms with Crippen LogP contribution in [0.2, 0.25) is 0 Å². The molecule has 0 spiro atoms. The molecule has 118 valence electrons. The Balaban J connectivity index is 1.41. The first-order valence-electron chi connectivity index (χ1n) is 8.21. The lowest BCUT2D eigenvalue weighted by molar-refractivity contribution is -0.121. The summed E-state index contributed by atoms with van der Waals surface area (Å²) in [7, 11) is 0. The molecule has 1 unspecified atom stereocenters. The average Bonchev–Trinajstić information content (AvgIpc) is 2.92. The van der Waals surface area contributed by atoms with Crippen LogP contribution < -0.4 is 5.32 Å². The summed E-state index contributed by atoms with van der Waals surface area (Å²) in [6.07, 6.45) is 0. The molecule has 0 aromatic heterocycles. The molecule has 0 saturated carbocycles. The third-order valence-corrected chi connectivity index (χ3v) is 4.78. The highest BCUT2D eigenvalue weighted by Gasteiger charge is 2.36. The Bertz CT molecular complexity index is 693. The van der Waals surface area contributed by atoms with E-state index in [1.807, 2.05) is 18.2 Å². The summed E-state index contributed by atoms with van der Waals surface area (Å²) >= 11 is 0. The highest BCUT2D eigenvalue weighted by Crippen LogP contribution is 2.35. The Morgan fingerprint density at radius 3 is 2.39 bits per heavy atom. The third-order valence-electron chi connectivity index (χ3n) is 4.78. The first-order valence-corrected chi connectivity index (χ1v) is 8.21. The molecule has 2 aliphatic rings. The molecule has 1 amide bonds. The minimum Gasteiger partial charge on any atom is -0.324 e. The minimum absolute atomic E-state index is 0.114. The van der Waals surface area contributed by atoms with Crippen molar-refractivity contribution in [1.82, 2.24) is 9.80 Å². The number of para-hydroxylation sites is 1. The predicted octanol–water partition coefficient (Wildman–Crippen LogP) is 2.50. The molecule has 1 saturated heterocycles. The fourth-order valence-electron chi connectivity index (χ4n) is 3.58. The van der Waals surface area contributed by atoms with Crippen LogP contribution >= 0.6 is 0 Å². The summed E-state index contributed by atoms with van der Waals surface area (Å²) in [5.74, 6) is 0.114. The number of fused-ring (bicyclic) bond motifs is 1. The first-order chi connectivity index (χ1) is 11.3. The Kier molecular flexibility index (Phi) is 3.85. The molecule has 2 aromatic carbocycles. The molecule has 2 aromatic rings. The van der Waals surface area contributed by atoms with E-state index in [-0.39, 0.29) is 11.9 Å². The van der Waals surface area contributed by atoms with Gasteiger partial charge in [0.1, 0.15) is 6.04 Å². The molecule has 0 aliphatic carbocycles. The Labute approximate surface area is 136 Å². The van der Waals surface area contributed by atoms with E-state index in [4.69, 9.17) is 0 Å². The molecule has 2 aliphatic heterocycles. The van der Waals surface area contributed by atoms with Gasteiger partial charge in [-0.25, -0.2) is 0 Å². The zero-order valence-electron chi connectivity index (χ0n) is 13.1. The van der Waals surface area contributed by atoms with Gasteiger partial charge in [0.25, 0.3) is 0 Å². The van der Waals surface area contributed by atoms with Crippen LogP contribution in [0.3, 0.4) is 0 Å². The quantitative estimate of drug-likeness (QED) is 0.946. The van der Waals surface area contributed by atoms with Crippen LogP contribution in [0.4, 0.5) is 5.69 Å². The molecule has 1 N–H and O–H groups in total. The number of nitrogens with one attached hydrogen (secondary N) is 1. The number of nitrogens with zero attached hydrogens (tertiary/aromatic N) is 2. The van der Waals surface area contributed by atoms with Gasteiger partial charge in [0.2, 0.25) is 5.91 Å². The summed E-state index contributed by atoms with van der Waals surface area (Å²) in [4.78, 5) is 17.1. The van der Waals surface area contributed by atoms with Gasteiger partial charge < -0.3 is 5.32 Å². The number of benzene rings is 2. The standard InChI is InChI=1S/C19H21N3O/c23-19-18(16-8-4-5-9-17(16)20-19)22-12-10-21(11-13-22)14-15-6-2-1-3-7-15/h1-9,18H,10-14H2,(H,20,23). The van der Waals surface area contributed by atoms with Crippen molar-refractivity contribution in [1.29, 1.82) is 0 Å². The Morgan fingerprint density at radius 2 is 1.61 bits per heavy atom. The molecule has 4 heteroatoms. The highest BCUT2D eigenvalue weighted by atomic mass is 16.2. The van der Waals surface area contributed by atoms with Gasteiger partial charge in [-0.2, -0.15) is 0 Å². The van der Waals surface area contributed by atoms with E-state index in [1.54, 1.807) is 0 Å². The molecule has 1 fully saturated rings. The normalized spacial score (nSPS) is 21.9. The van der Waals surface area contributed by atoms with Crippen LogP contribution in [0, 0.1) is 0 Å². The molecule has 4 rings (SSSR count). The van der Waals surface area contributed by atoms with Crippen molar-refractivity contribution < 1.29 is 4.79 Å². The van der Waals surface area contributed by atoms with Gasteiger partial charge in [-0.15, -0.1) is 0 Å². The minimum atomic E-state index is -0.120. The molecular formula is C19H21N3O.